The van der Waals surface area contributed by atoms with Crippen molar-refractivity contribution in [1.29, 1.82) is 0 Å². The molecule has 2 rings (SSSR count). The molecule has 0 bridgehead atoms. The third-order valence-corrected chi connectivity index (χ3v) is 4.32. The van der Waals surface area contributed by atoms with E-state index in [0.717, 1.165) is 32.2 Å². The van der Waals surface area contributed by atoms with Gasteiger partial charge in [0.1, 0.15) is 0 Å². The first kappa shape index (κ1) is 12.2. The van der Waals surface area contributed by atoms with E-state index < -0.39 is 5.60 Å². The van der Waals surface area contributed by atoms with Gasteiger partial charge in [-0.3, -0.25) is 4.79 Å². The van der Waals surface area contributed by atoms with Gasteiger partial charge < -0.3 is 10.0 Å². The van der Waals surface area contributed by atoms with Gasteiger partial charge >= 0.3 is 0 Å². The molecule has 1 amide bonds. The van der Waals surface area contributed by atoms with Crippen LogP contribution < -0.4 is 0 Å². The van der Waals surface area contributed by atoms with Crippen molar-refractivity contribution in [3.05, 3.63) is 0 Å². The average Bonchev–Trinajstić information content (AvgIpc) is 2.26. The van der Waals surface area contributed by atoms with E-state index in [1.807, 2.05) is 11.8 Å². The first-order valence-electron chi connectivity index (χ1n) is 6.22. The lowest BCUT2D eigenvalue weighted by Crippen LogP contribution is -2.55. The van der Waals surface area contributed by atoms with Crippen LogP contribution >= 0.6 is 12.6 Å². The molecule has 1 saturated heterocycles. The van der Waals surface area contributed by atoms with Crippen LogP contribution in [0.15, 0.2) is 0 Å². The molecule has 1 aliphatic heterocycles. The van der Waals surface area contributed by atoms with Crippen molar-refractivity contribution >= 4 is 18.5 Å². The lowest BCUT2D eigenvalue weighted by atomic mass is 9.71. The SMILES string of the molecule is CC(S)C(=O)N1CCC2(O)CCCCC2C1. The molecule has 3 unspecified atom stereocenters. The van der Waals surface area contributed by atoms with Crippen molar-refractivity contribution in [3.8, 4) is 0 Å². The van der Waals surface area contributed by atoms with Gasteiger partial charge in [0.2, 0.25) is 5.91 Å². The number of amides is 1. The molecule has 0 aromatic carbocycles. The summed E-state index contributed by atoms with van der Waals surface area (Å²) in [7, 11) is 0. The van der Waals surface area contributed by atoms with E-state index in [1.165, 1.54) is 6.42 Å². The second kappa shape index (κ2) is 4.57. The zero-order chi connectivity index (χ0) is 11.8. The molecule has 0 spiro atoms. The van der Waals surface area contributed by atoms with E-state index in [9.17, 15) is 9.90 Å². The van der Waals surface area contributed by atoms with E-state index in [1.54, 1.807) is 0 Å². The Morgan fingerprint density at radius 2 is 2.25 bits per heavy atom. The number of aliphatic hydroxyl groups is 1. The number of nitrogens with zero attached hydrogens (tertiary/aromatic N) is 1. The lowest BCUT2D eigenvalue weighted by molar-refractivity contribution is -0.142. The number of hydrogen-bond acceptors (Lipinski definition) is 3. The Kier molecular flexibility index (Phi) is 3.50. The quantitative estimate of drug-likeness (QED) is 0.685. The number of piperidine rings is 1. The molecule has 3 atom stereocenters. The first-order chi connectivity index (χ1) is 7.53. The van der Waals surface area contributed by atoms with Crippen molar-refractivity contribution in [2.24, 2.45) is 5.92 Å². The number of carbonyl (C=O) groups excluding carboxylic acids is 1. The molecule has 1 aliphatic carbocycles. The smallest absolute Gasteiger partial charge is 0.235 e. The van der Waals surface area contributed by atoms with E-state index in [0.29, 0.717) is 6.54 Å². The zero-order valence-corrected chi connectivity index (χ0v) is 10.7. The summed E-state index contributed by atoms with van der Waals surface area (Å²) in [6.45, 7) is 3.23. The fraction of sp³-hybridized carbons (Fsp3) is 0.917. The maximum absolute atomic E-state index is 11.8. The summed E-state index contributed by atoms with van der Waals surface area (Å²) in [4.78, 5) is 13.7. The lowest BCUT2D eigenvalue weighted by Gasteiger charge is -2.47. The molecular weight excluding hydrogens is 222 g/mol. The Morgan fingerprint density at radius 1 is 1.50 bits per heavy atom. The van der Waals surface area contributed by atoms with Crippen LogP contribution in [0, 0.1) is 5.92 Å². The number of thiol groups is 1. The Balaban J connectivity index is 2.02. The van der Waals surface area contributed by atoms with Crippen molar-refractivity contribution in [1.82, 2.24) is 4.90 Å². The second-order valence-electron chi connectivity index (χ2n) is 5.26. The van der Waals surface area contributed by atoms with Crippen LogP contribution in [-0.2, 0) is 4.79 Å². The summed E-state index contributed by atoms with van der Waals surface area (Å²) in [6.07, 6.45) is 5.02. The van der Waals surface area contributed by atoms with Crippen molar-refractivity contribution < 1.29 is 9.90 Å². The minimum atomic E-state index is -0.491. The van der Waals surface area contributed by atoms with E-state index in [-0.39, 0.29) is 17.1 Å². The van der Waals surface area contributed by atoms with Gasteiger partial charge in [0.15, 0.2) is 0 Å². The van der Waals surface area contributed by atoms with Crippen LogP contribution in [0.25, 0.3) is 0 Å². The predicted octanol–water partition coefficient (Wildman–Crippen LogP) is 1.46. The van der Waals surface area contributed by atoms with Gasteiger partial charge in [0.25, 0.3) is 0 Å². The largest absolute Gasteiger partial charge is 0.389 e. The molecule has 0 aromatic heterocycles. The Labute approximate surface area is 103 Å². The number of hydrogen-bond donors (Lipinski definition) is 2. The summed E-state index contributed by atoms with van der Waals surface area (Å²) >= 11 is 4.19. The highest BCUT2D eigenvalue weighted by molar-refractivity contribution is 7.81. The monoisotopic (exact) mass is 243 g/mol. The van der Waals surface area contributed by atoms with Crippen LogP contribution in [0.1, 0.15) is 39.0 Å². The third kappa shape index (κ3) is 2.23. The summed E-state index contributed by atoms with van der Waals surface area (Å²) in [5, 5.41) is 10.2. The number of fused-ring (bicyclic) bond motifs is 1. The molecule has 2 aliphatic rings. The van der Waals surface area contributed by atoms with Gasteiger partial charge in [-0.1, -0.05) is 12.8 Å². The maximum atomic E-state index is 11.8. The summed E-state index contributed by atoms with van der Waals surface area (Å²) < 4.78 is 0. The van der Waals surface area contributed by atoms with Crippen LogP contribution in [0.3, 0.4) is 0 Å². The standard InChI is InChI=1S/C12H21NO2S/c1-9(16)11(14)13-7-6-12(15)5-3-2-4-10(12)8-13/h9-10,15-16H,2-8H2,1H3. The van der Waals surface area contributed by atoms with Crippen LogP contribution in [-0.4, -0.2) is 39.9 Å². The highest BCUT2D eigenvalue weighted by Crippen LogP contribution is 2.39. The van der Waals surface area contributed by atoms with E-state index in [2.05, 4.69) is 12.6 Å². The molecule has 1 N–H and O–H groups in total. The highest BCUT2D eigenvalue weighted by Gasteiger charge is 2.43. The molecule has 3 nitrogen and oxygen atoms in total. The van der Waals surface area contributed by atoms with Crippen molar-refractivity contribution in [3.63, 3.8) is 0 Å². The average molecular weight is 243 g/mol. The first-order valence-corrected chi connectivity index (χ1v) is 6.74. The van der Waals surface area contributed by atoms with Gasteiger partial charge in [-0.15, -0.1) is 0 Å². The Hall–Kier alpha value is -0.220. The number of carbonyl (C=O) groups is 1. The fourth-order valence-corrected chi connectivity index (χ4v) is 3.20. The Morgan fingerprint density at radius 3 is 2.94 bits per heavy atom. The molecule has 16 heavy (non-hydrogen) atoms. The normalized spacial score (nSPS) is 36.7. The Bertz CT molecular complexity index is 282. The van der Waals surface area contributed by atoms with Crippen LogP contribution in [0.5, 0.6) is 0 Å². The van der Waals surface area contributed by atoms with E-state index >= 15 is 0 Å². The van der Waals surface area contributed by atoms with Gasteiger partial charge in [0.05, 0.1) is 10.9 Å². The fourth-order valence-electron chi connectivity index (χ4n) is 3.04. The van der Waals surface area contributed by atoms with E-state index in [4.69, 9.17) is 0 Å². The topological polar surface area (TPSA) is 40.5 Å². The highest BCUT2D eigenvalue weighted by atomic mass is 32.1. The zero-order valence-electron chi connectivity index (χ0n) is 9.85. The van der Waals surface area contributed by atoms with Crippen molar-refractivity contribution in [2.75, 3.05) is 13.1 Å². The molecule has 0 aromatic rings. The summed E-state index contributed by atoms with van der Waals surface area (Å²) in [6, 6.07) is 0. The molecular formula is C12H21NO2S. The van der Waals surface area contributed by atoms with Gasteiger partial charge in [-0.25, -0.2) is 0 Å². The molecule has 92 valence electrons. The minimum Gasteiger partial charge on any atom is -0.389 e. The predicted molar refractivity (Wildman–Crippen MR) is 66.6 cm³/mol. The summed E-state index contributed by atoms with van der Waals surface area (Å²) in [5.41, 5.74) is -0.491. The van der Waals surface area contributed by atoms with Gasteiger partial charge in [-0.05, 0) is 26.2 Å². The molecule has 1 heterocycles. The molecule has 1 saturated carbocycles. The van der Waals surface area contributed by atoms with Crippen molar-refractivity contribution in [2.45, 2.75) is 49.9 Å². The minimum absolute atomic E-state index is 0.107. The molecule has 4 heteroatoms. The molecule has 0 radical (unpaired) electrons. The molecule has 2 fully saturated rings. The van der Waals surface area contributed by atoms with Gasteiger partial charge in [0, 0.05) is 19.0 Å². The second-order valence-corrected chi connectivity index (χ2v) is 6.03. The number of likely N-dealkylation sites (tertiary alicyclic amines) is 1. The third-order valence-electron chi connectivity index (χ3n) is 4.10. The summed E-state index contributed by atoms with van der Waals surface area (Å²) in [5.74, 6) is 0.391. The van der Waals surface area contributed by atoms with Crippen LogP contribution in [0.2, 0.25) is 0 Å². The maximum Gasteiger partial charge on any atom is 0.235 e. The number of rotatable bonds is 1. The van der Waals surface area contributed by atoms with Gasteiger partial charge in [-0.2, -0.15) is 12.6 Å². The van der Waals surface area contributed by atoms with Crippen LogP contribution in [0.4, 0.5) is 0 Å².